The van der Waals surface area contributed by atoms with Crippen LogP contribution in [-0.4, -0.2) is 15.9 Å². The number of aromatic nitrogens is 2. The lowest BCUT2D eigenvalue weighted by Crippen LogP contribution is -2.01. The van der Waals surface area contributed by atoms with Crippen molar-refractivity contribution in [1.82, 2.24) is 9.97 Å². The summed E-state index contributed by atoms with van der Waals surface area (Å²) in [6.45, 7) is 1.31. The minimum Gasteiger partial charge on any atom is -0.370 e. The van der Waals surface area contributed by atoms with Gasteiger partial charge in [0.05, 0.1) is 0 Å². The van der Waals surface area contributed by atoms with Gasteiger partial charge in [0.2, 0.25) is 5.91 Å². The molecule has 4 nitrogen and oxygen atoms in total. The smallest absolute Gasteiger partial charge is 0.214 e. The minimum atomic E-state index is -0.333. The Labute approximate surface area is 59.1 Å². The van der Waals surface area contributed by atoms with Gasteiger partial charge in [0.25, 0.3) is 0 Å². The largest absolute Gasteiger partial charge is 0.370 e. The predicted octanol–water partition coefficient (Wildman–Crippen LogP) is -0.0318. The third-order valence-electron chi connectivity index (χ3n) is 0.478. The molecule has 0 aliphatic carbocycles. The second-order valence-corrected chi connectivity index (χ2v) is 1.51. The van der Waals surface area contributed by atoms with E-state index in [9.17, 15) is 4.79 Å². The molecule has 0 atom stereocenters. The van der Waals surface area contributed by atoms with Crippen LogP contribution in [0.2, 0.25) is 0 Å². The van der Waals surface area contributed by atoms with Crippen molar-refractivity contribution in [3.05, 3.63) is 24.8 Å². The van der Waals surface area contributed by atoms with Crippen LogP contribution in [0.5, 0.6) is 0 Å². The van der Waals surface area contributed by atoms with E-state index >= 15 is 0 Å². The molecule has 1 heterocycles. The first-order valence-corrected chi connectivity index (χ1v) is 2.69. The van der Waals surface area contributed by atoms with Gasteiger partial charge in [-0.3, -0.25) is 14.8 Å². The zero-order valence-electron chi connectivity index (χ0n) is 5.69. The van der Waals surface area contributed by atoms with Gasteiger partial charge in [0, 0.05) is 31.7 Å². The lowest BCUT2D eigenvalue weighted by molar-refractivity contribution is -0.115. The van der Waals surface area contributed by atoms with Crippen LogP contribution in [0, 0.1) is 0 Å². The van der Waals surface area contributed by atoms with E-state index in [1.165, 1.54) is 6.92 Å². The molecule has 0 aliphatic heterocycles. The van der Waals surface area contributed by atoms with Crippen LogP contribution in [0.15, 0.2) is 24.8 Å². The molecule has 1 aromatic heterocycles. The third kappa shape index (κ3) is 9.75. The van der Waals surface area contributed by atoms with Gasteiger partial charge in [0.15, 0.2) is 0 Å². The monoisotopic (exact) mass is 139 g/mol. The normalized spacial score (nSPS) is 7.30. The van der Waals surface area contributed by atoms with E-state index in [1.807, 2.05) is 0 Å². The molecule has 0 aliphatic rings. The van der Waals surface area contributed by atoms with E-state index < -0.39 is 0 Å². The summed E-state index contributed by atoms with van der Waals surface area (Å²) in [5.74, 6) is -0.333. The quantitative estimate of drug-likeness (QED) is 0.548. The van der Waals surface area contributed by atoms with Crippen molar-refractivity contribution >= 4 is 5.91 Å². The van der Waals surface area contributed by atoms with E-state index in [1.54, 1.807) is 24.8 Å². The topological polar surface area (TPSA) is 68.9 Å². The van der Waals surface area contributed by atoms with Gasteiger partial charge in [-0.1, -0.05) is 0 Å². The maximum atomic E-state index is 9.22. The second-order valence-electron chi connectivity index (χ2n) is 1.51. The third-order valence-corrected chi connectivity index (χ3v) is 0.478. The fraction of sp³-hybridized carbons (Fsp3) is 0.167. The molecular formula is C6H9N3O. The molecule has 0 saturated carbocycles. The molecule has 10 heavy (non-hydrogen) atoms. The van der Waals surface area contributed by atoms with Crippen molar-refractivity contribution in [1.29, 1.82) is 0 Å². The second kappa shape index (κ2) is 5.68. The van der Waals surface area contributed by atoms with Crippen LogP contribution in [-0.2, 0) is 4.79 Å². The SMILES string of the molecule is CC(N)=O.c1cnccn1. The number of primary amides is 1. The molecule has 1 rings (SSSR count). The first-order valence-electron chi connectivity index (χ1n) is 2.69. The van der Waals surface area contributed by atoms with Crippen LogP contribution < -0.4 is 5.73 Å². The van der Waals surface area contributed by atoms with Gasteiger partial charge >= 0.3 is 0 Å². The first kappa shape index (κ1) is 8.55. The average molecular weight is 139 g/mol. The number of hydrogen-bond acceptors (Lipinski definition) is 3. The van der Waals surface area contributed by atoms with Crippen LogP contribution in [0.1, 0.15) is 6.92 Å². The van der Waals surface area contributed by atoms with Crippen LogP contribution >= 0.6 is 0 Å². The molecule has 0 spiro atoms. The Morgan fingerprint density at radius 1 is 1.20 bits per heavy atom. The number of carbonyl (C=O) groups excluding carboxylic acids is 1. The maximum absolute atomic E-state index is 9.22. The number of nitrogens with zero attached hydrogens (tertiary/aromatic N) is 2. The Balaban J connectivity index is 0.000000180. The molecule has 1 aromatic rings. The van der Waals surface area contributed by atoms with Gasteiger partial charge in [-0.15, -0.1) is 0 Å². The standard InChI is InChI=1S/C4H4N2.C2H5NO/c1-2-6-4-3-5-1;1-2(3)4/h1-4H;1H3,(H2,3,4). The Morgan fingerprint density at radius 3 is 1.50 bits per heavy atom. The van der Waals surface area contributed by atoms with Gasteiger partial charge in [-0.25, -0.2) is 0 Å². The van der Waals surface area contributed by atoms with Crippen LogP contribution in [0.3, 0.4) is 0 Å². The number of amides is 1. The molecule has 0 radical (unpaired) electrons. The lowest BCUT2D eigenvalue weighted by Gasteiger charge is -1.70. The zero-order chi connectivity index (χ0) is 7.82. The van der Waals surface area contributed by atoms with Crippen molar-refractivity contribution in [3.8, 4) is 0 Å². The molecule has 0 bridgehead atoms. The van der Waals surface area contributed by atoms with Crippen molar-refractivity contribution in [3.63, 3.8) is 0 Å². The van der Waals surface area contributed by atoms with Gasteiger partial charge in [-0.05, 0) is 0 Å². The highest BCUT2D eigenvalue weighted by Crippen LogP contribution is 1.65. The molecule has 0 unspecified atom stereocenters. The molecule has 54 valence electrons. The number of hydrogen-bond donors (Lipinski definition) is 1. The number of nitrogens with two attached hydrogens (primary N) is 1. The summed E-state index contributed by atoms with van der Waals surface area (Å²) in [6.07, 6.45) is 6.56. The van der Waals surface area contributed by atoms with Crippen LogP contribution in [0.4, 0.5) is 0 Å². The highest BCUT2D eigenvalue weighted by Gasteiger charge is 1.61. The van der Waals surface area contributed by atoms with Gasteiger partial charge < -0.3 is 5.73 Å². The summed E-state index contributed by atoms with van der Waals surface area (Å²) in [5, 5.41) is 0. The van der Waals surface area contributed by atoms with E-state index in [4.69, 9.17) is 0 Å². The molecule has 1 amide bonds. The van der Waals surface area contributed by atoms with E-state index in [-0.39, 0.29) is 5.91 Å². The molecule has 0 fully saturated rings. The highest BCUT2D eigenvalue weighted by atomic mass is 16.1. The average Bonchev–Trinajstić information content (AvgIpc) is 1.90. The summed E-state index contributed by atoms with van der Waals surface area (Å²) in [6, 6.07) is 0. The Morgan fingerprint density at radius 2 is 1.40 bits per heavy atom. The maximum Gasteiger partial charge on any atom is 0.214 e. The first-order chi connectivity index (χ1) is 4.73. The molecule has 2 N–H and O–H groups in total. The number of rotatable bonds is 0. The fourth-order valence-electron chi connectivity index (χ4n) is 0.253. The van der Waals surface area contributed by atoms with E-state index in [0.717, 1.165) is 0 Å². The summed E-state index contributed by atoms with van der Waals surface area (Å²) < 4.78 is 0. The van der Waals surface area contributed by atoms with Crippen molar-refractivity contribution in [2.24, 2.45) is 5.73 Å². The van der Waals surface area contributed by atoms with Crippen molar-refractivity contribution < 1.29 is 4.79 Å². The summed E-state index contributed by atoms with van der Waals surface area (Å²) in [7, 11) is 0. The fourth-order valence-corrected chi connectivity index (χ4v) is 0.253. The van der Waals surface area contributed by atoms with Crippen molar-refractivity contribution in [2.75, 3.05) is 0 Å². The van der Waals surface area contributed by atoms with E-state index in [2.05, 4.69) is 15.7 Å². The Kier molecular flexibility index (Phi) is 4.86. The van der Waals surface area contributed by atoms with Crippen molar-refractivity contribution in [2.45, 2.75) is 6.92 Å². The lowest BCUT2D eigenvalue weighted by atomic mass is 10.8. The van der Waals surface area contributed by atoms with Gasteiger partial charge in [0.1, 0.15) is 0 Å². The summed E-state index contributed by atoms with van der Waals surface area (Å²) in [4.78, 5) is 16.7. The minimum absolute atomic E-state index is 0.333. The highest BCUT2D eigenvalue weighted by molar-refractivity contribution is 5.70. The van der Waals surface area contributed by atoms with Gasteiger partial charge in [-0.2, -0.15) is 0 Å². The zero-order valence-corrected chi connectivity index (χ0v) is 5.69. The molecular weight excluding hydrogens is 130 g/mol. The van der Waals surface area contributed by atoms with E-state index in [0.29, 0.717) is 0 Å². The summed E-state index contributed by atoms with van der Waals surface area (Å²) in [5.41, 5.74) is 4.47. The predicted molar refractivity (Wildman–Crippen MR) is 36.9 cm³/mol. The Hall–Kier alpha value is -1.45. The number of carbonyl (C=O) groups is 1. The van der Waals surface area contributed by atoms with Crippen LogP contribution in [0.25, 0.3) is 0 Å². The summed E-state index contributed by atoms with van der Waals surface area (Å²) >= 11 is 0. The Bertz CT molecular complexity index is 145. The molecule has 0 saturated heterocycles. The molecule has 0 aromatic carbocycles. The molecule has 4 heteroatoms.